The third-order valence-corrected chi connectivity index (χ3v) is 9.14. The zero-order valence-electron chi connectivity index (χ0n) is 17.7. The number of hydrogen-bond donors (Lipinski definition) is 0. The van der Waals surface area contributed by atoms with Crippen LogP contribution in [0.1, 0.15) is 36.8 Å². The van der Waals surface area contributed by atoms with Crippen molar-refractivity contribution in [2.75, 3.05) is 11.5 Å². The van der Waals surface area contributed by atoms with E-state index in [4.69, 9.17) is 23.2 Å². The number of benzene rings is 2. The Hall–Kier alpha value is -1.41. The maximum atomic E-state index is 12.4. The van der Waals surface area contributed by atoms with Gasteiger partial charge in [0.05, 0.1) is 33.8 Å². The molecule has 2 aromatic carbocycles. The summed E-state index contributed by atoms with van der Waals surface area (Å²) in [5.41, 5.74) is 1.43. The van der Waals surface area contributed by atoms with Crippen LogP contribution >= 0.6 is 23.2 Å². The summed E-state index contributed by atoms with van der Waals surface area (Å²) in [4.78, 5) is 12.4. The molecule has 0 N–H and O–H groups in total. The lowest BCUT2D eigenvalue weighted by Crippen LogP contribution is -2.26. The first kappa shape index (κ1) is 26.8. The van der Waals surface area contributed by atoms with Gasteiger partial charge in [0.25, 0.3) is 0 Å². The van der Waals surface area contributed by atoms with E-state index in [2.05, 4.69) is 0 Å². The van der Waals surface area contributed by atoms with Crippen molar-refractivity contribution in [3.8, 4) is 0 Å². The number of rotatable bonds is 14. The van der Waals surface area contributed by atoms with Crippen LogP contribution < -0.4 is 0 Å². The molecule has 2 aromatic rings. The molecule has 0 bridgehead atoms. The van der Waals surface area contributed by atoms with Crippen molar-refractivity contribution in [3.05, 3.63) is 71.8 Å². The van der Waals surface area contributed by atoms with Gasteiger partial charge in [0.2, 0.25) is 0 Å². The number of carbonyl (C=O) groups is 1. The first-order chi connectivity index (χ1) is 15.1. The van der Waals surface area contributed by atoms with Crippen LogP contribution in [0.2, 0.25) is 0 Å². The van der Waals surface area contributed by atoms with Gasteiger partial charge < -0.3 is 0 Å². The molecule has 0 aliphatic carbocycles. The summed E-state index contributed by atoms with van der Waals surface area (Å²) in [6.07, 6.45) is 0.905. The second kappa shape index (κ2) is 12.7. The number of ketones is 1. The molecule has 2 atom stereocenters. The SMILES string of the molecule is O=C(C(Cl)CCCS(=O)(=O)Cc1ccccc1)C(Cl)CCCS(=O)(=O)Cc1ccccc1. The number of Topliss-reactive ketones (excluding diaryl/α,β-unsaturated/α-hetero) is 1. The summed E-state index contributed by atoms with van der Waals surface area (Å²) in [6, 6.07) is 17.8. The van der Waals surface area contributed by atoms with Crippen molar-refractivity contribution in [2.45, 2.75) is 47.9 Å². The lowest BCUT2D eigenvalue weighted by molar-refractivity contribution is -0.118. The molecule has 0 aromatic heterocycles. The average molecular weight is 520 g/mol. The molecular weight excluding hydrogens is 491 g/mol. The second-order valence-electron chi connectivity index (χ2n) is 7.78. The highest BCUT2D eigenvalue weighted by Gasteiger charge is 2.25. The predicted octanol–water partition coefficient (Wildman–Crippen LogP) is 4.56. The van der Waals surface area contributed by atoms with E-state index in [0.717, 1.165) is 0 Å². The molecule has 0 amide bonds. The summed E-state index contributed by atoms with van der Waals surface area (Å²) >= 11 is 12.3. The maximum Gasteiger partial charge on any atom is 0.168 e. The van der Waals surface area contributed by atoms with Gasteiger partial charge in [-0.25, -0.2) is 16.8 Å². The molecule has 9 heteroatoms. The fourth-order valence-electron chi connectivity index (χ4n) is 3.25. The van der Waals surface area contributed by atoms with E-state index in [-0.39, 0.29) is 48.7 Å². The molecule has 176 valence electrons. The number of sulfone groups is 2. The normalized spacial score (nSPS) is 14.1. The zero-order chi connectivity index (χ0) is 23.6. The van der Waals surface area contributed by atoms with E-state index in [9.17, 15) is 21.6 Å². The monoisotopic (exact) mass is 518 g/mol. The lowest BCUT2D eigenvalue weighted by Gasteiger charge is -2.13. The topological polar surface area (TPSA) is 85.3 Å². The number of hydrogen-bond acceptors (Lipinski definition) is 5. The molecule has 5 nitrogen and oxygen atoms in total. The standard InChI is InChI=1S/C23H28Cl2O5S2/c24-21(13-7-15-31(27,28)17-19-9-3-1-4-10-19)23(26)22(25)14-8-16-32(29,30)18-20-11-5-2-6-12-20/h1-6,9-12,21-22H,7-8,13-18H2. The summed E-state index contributed by atoms with van der Waals surface area (Å²) in [5, 5.41) is -1.80. The predicted molar refractivity (Wildman–Crippen MR) is 131 cm³/mol. The molecule has 2 rings (SSSR count). The first-order valence-electron chi connectivity index (χ1n) is 10.4. The van der Waals surface area contributed by atoms with Crippen molar-refractivity contribution in [2.24, 2.45) is 0 Å². The van der Waals surface area contributed by atoms with E-state index in [1.54, 1.807) is 48.5 Å². The lowest BCUT2D eigenvalue weighted by atomic mass is 10.1. The smallest absolute Gasteiger partial charge is 0.168 e. The van der Waals surface area contributed by atoms with E-state index < -0.39 is 36.2 Å². The maximum absolute atomic E-state index is 12.4. The number of halogens is 2. The van der Waals surface area contributed by atoms with Gasteiger partial charge in [0.15, 0.2) is 25.5 Å². The largest absolute Gasteiger partial charge is 0.296 e. The fraction of sp³-hybridized carbons (Fsp3) is 0.435. The summed E-state index contributed by atoms with van der Waals surface area (Å²) in [6.45, 7) is 0. The highest BCUT2D eigenvalue weighted by Crippen LogP contribution is 2.18. The van der Waals surface area contributed by atoms with E-state index in [0.29, 0.717) is 11.1 Å². The molecule has 0 heterocycles. The van der Waals surface area contributed by atoms with Gasteiger partial charge in [-0.3, -0.25) is 4.79 Å². The molecule has 0 saturated heterocycles. The molecular formula is C23H28Cl2O5S2. The van der Waals surface area contributed by atoms with Crippen molar-refractivity contribution in [3.63, 3.8) is 0 Å². The van der Waals surface area contributed by atoms with Crippen molar-refractivity contribution in [1.29, 1.82) is 0 Å². The molecule has 0 saturated carbocycles. The van der Waals surface area contributed by atoms with Crippen LogP contribution in [-0.2, 0) is 36.0 Å². The van der Waals surface area contributed by atoms with Crippen LogP contribution in [0.25, 0.3) is 0 Å². The Morgan fingerprint density at radius 2 is 1.00 bits per heavy atom. The Kier molecular flexibility index (Phi) is 10.7. The fourth-order valence-corrected chi connectivity index (χ4v) is 6.83. The highest BCUT2D eigenvalue weighted by atomic mass is 35.5. The van der Waals surface area contributed by atoms with E-state index in [1.807, 2.05) is 12.1 Å². The van der Waals surface area contributed by atoms with E-state index in [1.165, 1.54) is 0 Å². The van der Waals surface area contributed by atoms with Gasteiger partial charge in [-0.2, -0.15) is 0 Å². The average Bonchev–Trinajstić information content (AvgIpc) is 2.73. The van der Waals surface area contributed by atoms with Crippen LogP contribution in [0, 0.1) is 0 Å². The molecule has 32 heavy (non-hydrogen) atoms. The minimum absolute atomic E-state index is 0.0513. The molecule has 0 aliphatic heterocycles. The Morgan fingerprint density at radius 3 is 1.34 bits per heavy atom. The minimum Gasteiger partial charge on any atom is -0.296 e. The summed E-state index contributed by atoms with van der Waals surface area (Å²) in [5.74, 6) is -0.630. The second-order valence-corrected chi connectivity index (χ2v) is 13.2. The molecule has 0 radical (unpaired) electrons. The quantitative estimate of drug-likeness (QED) is 0.342. The van der Waals surface area contributed by atoms with Gasteiger partial charge in [0.1, 0.15) is 0 Å². The van der Waals surface area contributed by atoms with Crippen molar-refractivity contribution >= 4 is 48.7 Å². The van der Waals surface area contributed by atoms with Gasteiger partial charge in [-0.05, 0) is 36.8 Å². The van der Waals surface area contributed by atoms with Crippen LogP contribution in [0.3, 0.4) is 0 Å². The van der Waals surface area contributed by atoms with E-state index >= 15 is 0 Å². The van der Waals surface area contributed by atoms with Gasteiger partial charge in [0, 0.05) is 0 Å². The molecule has 0 aliphatic rings. The van der Waals surface area contributed by atoms with Crippen molar-refractivity contribution in [1.82, 2.24) is 0 Å². The van der Waals surface area contributed by atoms with Crippen LogP contribution in [0.4, 0.5) is 0 Å². The van der Waals surface area contributed by atoms with Gasteiger partial charge >= 0.3 is 0 Å². The minimum atomic E-state index is -3.30. The number of alkyl halides is 2. The third-order valence-electron chi connectivity index (χ3n) is 4.90. The molecule has 0 fully saturated rings. The zero-order valence-corrected chi connectivity index (χ0v) is 20.8. The van der Waals surface area contributed by atoms with Crippen LogP contribution in [-0.4, -0.2) is 44.9 Å². The Balaban J connectivity index is 1.71. The van der Waals surface area contributed by atoms with Crippen LogP contribution in [0.5, 0.6) is 0 Å². The third kappa shape index (κ3) is 10.0. The Morgan fingerprint density at radius 1 is 0.656 bits per heavy atom. The number of carbonyl (C=O) groups excluding carboxylic acids is 1. The Bertz CT molecular complexity index is 971. The van der Waals surface area contributed by atoms with Gasteiger partial charge in [-0.1, -0.05) is 60.7 Å². The summed E-state index contributed by atoms with van der Waals surface area (Å²) in [7, 11) is -6.60. The van der Waals surface area contributed by atoms with Crippen LogP contribution in [0.15, 0.2) is 60.7 Å². The highest BCUT2D eigenvalue weighted by molar-refractivity contribution is 7.90. The van der Waals surface area contributed by atoms with Gasteiger partial charge in [-0.15, -0.1) is 23.2 Å². The Labute approximate surface area is 201 Å². The first-order valence-corrected chi connectivity index (χ1v) is 14.9. The summed E-state index contributed by atoms with van der Waals surface area (Å²) < 4.78 is 49.0. The molecule has 2 unspecified atom stereocenters. The molecule has 0 spiro atoms. The van der Waals surface area contributed by atoms with Crippen molar-refractivity contribution < 1.29 is 21.6 Å².